The predicted octanol–water partition coefficient (Wildman–Crippen LogP) is 0.537. The van der Waals surface area contributed by atoms with E-state index in [1.54, 1.807) is 0 Å². The summed E-state index contributed by atoms with van der Waals surface area (Å²) in [4.78, 5) is 0. The third-order valence-corrected chi connectivity index (χ3v) is 3.37. The SMILES string of the molecule is Cn1ccc(NCC2CSCCN2)n1. The zero-order valence-electron chi connectivity index (χ0n) is 8.36. The fraction of sp³-hybridized carbons (Fsp3) is 0.667. The van der Waals surface area contributed by atoms with Gasteiger partial charge in [0.25, 0.3) is 0 Å². The Kier molecular flexibility index (Phi) is 3.31. The first-order valence-corrected chi connectivity index (χ1v) is 6.05. The normalized spacial score (nSPS) is 22.2. The van der Waals surface area contributed by atoms with Crippen LogP contribution in [0.15, 0.2) is 12.3 Å². The first-order valence-electron chi connectivity index (χ1n) is 4.89. The standard InChI is InChI=1S/C9H16N4S/c1-13-4-2-9(12-13)11-6-8-7-14-5-3-10-8/h2,4,8,10H,3,5-7H2,1H3,(H,11,12). The molecular formula is C9H16N4S. The molecule has 1 unspecified atom stereocenters. The molecule has 5 heteroatoms. The Morgan fingerprint density at radius 1 is 1.79 bits per heavy atom. The Labute approximate surface area is 88.4 Å². The van der Waals surface area contributed by atoms with E-state index in [1.807, 2.05) is 35.8 Å². The van der Waals surface area contributed by atoms with Crippen molar-refractivity contribution < 1.29 is 0 Å². The summed E-state index contributed by atoms with van der Waals surface area (Å²) in [7, 11) is 1.93. The maximum absolute atomic E-state index is 4.27. The second-order valence-corrected chi connectivity index (χ2v) is 4.63. The summed E-state index contributed by atoms with van der Waals surface area (Å²) in [6.07, 6.45) is 1.95. The first-order chi connectivity index (χ1) is 6.84. The van der Waals surface area contributed by atoms with Crippen molar-refractivity contribution in [1.82, 2.24) is 15.1 Å². The molecule has 1 saturated heterocycles. The quantitative estimate of drug-likeness (QED) is 0.767. The highest BCUT2D eigenvalue weighted by Crippen LogP contribution is 2.08. The van der Waals surface area contributed by atoms with Gasteiger partial charge in [-0.1, -0.05) is 0 Å². The number of nitrogens with one attached hydrogen (secondary N) is 2. The molecule has 0 aliphatic carbocycles. The molecule has 0 spiro atoms. The van der Waals surface area contributed by atoms with Gasteiger partial charge in [-0.25, -0.2) is 0 Å². The van der Waals surface area contributed by atoms with Crippen molar-refractivity contribution in [2.24, 2.45) is 7.05 Å². The Bertz CT molecular complexity index is 280. The van der Waals surface area contributed by atoms with Crippen molar-refractivity contribution in [3.05, 3.63) is 12.3 Å². The van der Waals surface area contributed by atoms with Gasteiger partial charge in [-0.2, -0.15) is 16.9 Å². The van der Waals surface area contributed by atoms with Crippen LogP contribution in [-0.2, 0) is 7.05 Å². The summed E-state index contributed by atoms with van der Waals surface area (Å²) >= 11 is 2.02. The Hall–Kier alpha value is -0.680. The molecule has 2 N–H and O–H groups in total. The molecule has 0 bridgehead atoms. The molecular weight excluding hydrogens is 196 g/mol. The number of hydrogen-bond acceptors (Lipinski definition) is 4. The van der Waals surface area contributed by atoms with Gasteiger partial charge in [0.1, 0.15) is 5.82 Å². The van der Waals surface area contributed by atoms with Crippen molar-refractivity contribution in [2.45, 2.75) is 6.04 Å². The van der Waals surface area contributed by atoms with Gasteiger partial charge in [0, 0.05) is 49.9 Å². The minimum Gasteiger partial charge on any atom is -0.367 e. The zero-order chi connectivity index (χ0) is 9.80. The average Bonchev–Trinajstić information content (AvgIpc) is 2.63. The summed E-state index contributed by atoms with van der Waals surface area (Å²) in [5.41, 5.74) is 0. The number of aryl methyl sites for hydroxylation is 1. The van der Waals surface area contributed by atoms with Gasteiger partial charge in [-0.3, -0.25) is 4.68 Å². The van der Waals surface area contributed by atoms with Gasteiger partial charge in [0.2, 0.25) is 0 Å². The highest BCUT2D eigenvalue weighted by Gasteiger charge is 2.12. The first kappa shape index (κ1) is 9.86. The van der Waals surface area contributed by atoms with E-state index in [1.165, 1.54) is 11.5 Å². The van der Waals surface area contributed by atoms with Crippen LogP contribution in [0.3, 0.4) is 0 Å². The smallest absolute Gasteiger partial charge is 0.148 e. The molecule has 0 radical (unpaired) electrons. The Balaban J connectivity index is 1.76. The van der Waals surface area contributed by atoms with Crippen molar-refractivity contribution in [1.29, 1.82) is 0 Å². The summed E-state index contributed by atoms with van der Waals surface area (Å²) in [5.74, 6) is 3.39. The Morgan fingerprint density at radius 2 is 2.71 bits per heavy atom. The molecule has 1 aliphatic rings. The maximum Gasteiger partial charge on any atom is 0.148 e. The van der Waals surface area contributed by atoms with Crippen molar-refractivity contribution >= 4 is 17.6 Å². The van der Waals surface area contributed by atoms with Gasteiger partial charge < -0.3 is 10.6 Å². The molecule has 14 heavy (non-hydrogen) atoms. The van der Waals surface area contributed by atoms with Crippen molar-refractivity contribution in [3.63, 3.8) is 0 Å². The molecule has 78 valence electrons. The van der Waals surface area contributed by atoms with Crippen LogP contribution in [0, 0.1) is 0 Å². The van der Waals surface area contributed by atoms with Crippen LogP contribution in [0.4, 0.5) is 5.82 Å². The van der Waals surface area contributed by atoms with Crippen LogP contribution >= 0.6 is 11.8 Å². The van der Waals surface area contributed by atoms with E-state index in [4.69, 9.17) is 0 Å². The second kappa shape index (κ2) is 4.70. The van der Waals surface area contributed by atoms with E-state index in [0.717, 1.165) is 18.9 Å². The topological polar surface area (TPSA) is 41.9 Å². The lowest BCUT2D eigenvalue weighted by atomic mass is 10.3. The Morgan fingerprint density at radius 3 is 3.36 bits per heavy atom. The summed E-state index contributed by atoms with van der Waals surface area (Å²) in [6, 6.07) is 2.58. The van der Waals surface area contributed by atoms with Gasteiger partial charge in [-0.05, 0) is 0 Å². The molecule has 0 saturated carbocycles. The molecule has 1 aromatic rings. The lowest BCUT2D eigenvalue weighted by molar-refractivity contribution is 0.586. The maximum atomic E-state index is 4.27. The van der Waals surface area contributed by atoms with Crippen LogP contribution in [-0.4, -0.2) is 40.4 Å². The van der Waals surface area contributed by atoms with Crippen LogP contribution in [0.25, 0.3) is 0 Å². The molecule has 2 rings (SSSR count). The summed E-state index contributed by atoms with van der Waals surface area (Å²) in [5, 5.41) is 11.1. The number of rotatable bonds is 3. The number of anilines is 1. The van der Waals surface area contributed by atoms with Gasteiger partial charge in [-0.15, -0.1) is 0 Å². The lowest BCUT2D eigenvalue weighted by Crippen LogP contribution is -2.42. The van der Waals surface area contributed by atoms with E-state index in [2.05, 4.69) is 15.7 Å². The molecule has 1 fully saturated rings. The van der Waals surface area contributed by atoms with E-state index < -0.39 is 0 Å². The minimum absolute atomic E-state index is 0.579. The third-order valence-electron chi connectivity index (χ3n) is 2.24. The van der Waals surface area contributed by atoms with Gasteiger partial charge in [0.15, 0.2) is 0 Å². The van der Waals surface area contributed by atoms with E-state index in [9.17, 15) is 0 Å². The molecule has 2 heterocycles. The summed E-state index contributed by atoms with van der Waals surface area (Å²) < 4.78 is 1.81. The average molecular weight is 212 g/mol. The zero-order valence-corrected chi connectivity index (χ0v) is 9.18. The van der Waals surface area contributed by atoms with Gasteiger partial charge >= 0.3 is 0 Å². The van der Waals surface area contributed by atoms with E-state index >= 15 is 0 Å². The fourth-order valence-electron chi connectivity index (χ4n) is 1.49. The minimum atomic E-state index is 0.579. The second-order valence-electron chi connectivity index (χ2n) is 3.48. The fourth-order valence-corrected chi connectivity index (χ4v) is 2.44. The lowest BCUT2D eigenvalue weighted by Gasteiger charge is -2.23. The van der Waals surface area contributed by atoms with Crippen molar-refractivity contribution in [2.75, 3.05) is 29.9 Å². The van der Waals surface area contributed by atoms with Crippen LogP contribution in [0.1, 0.15) is 0 Å². The monoisotopic (exact) mass is 212 g/mol. The van der Waals surface area contributed by atoms with Crippen molar-refractivity contribution in [3.8, 4) is 0 Å². The molecule has 1 aromatic heterocycles. The molecule has 0 aromatic carbocycles. The number of nitrogens with zero attached hydrogens (tertiary/aromatic N) is 2. The van der Waals surface area contributed by atoms with Crippen LogP contribution in [0.2, 0.25) is 0 Å². The highest BCUT2D eigenvalue weighted by atomic mass is 32.2. The van der Waals surface area contributed by atoms with E-state index in [0.29, 0.717) is 6.04 Å². The number of hydrogen-bond donors (Lipinski definition) is 2. The molecule has 4 nitrogen and oxygen atoms in total. The van der Waals surface area contributed by atoms with Crippen LogP contribution < -0.4 is 10.6 Å². The van der Waals surface area contributed by atoms with E-state index in [-0.39, 0.29) is 0 Å². The predicted molar refractivity (Wildman–Crippen MR) is 60.8 cm³/mol. The summed E-state index contributed by atoms with van der Waals surface area (Å²) in [6.45, 7) is 2.09. The number of thioether (sulfide) groups is 1. The highest BCUT2D eigenvalue weighted by molar-refractivity contribution is 7.99. The molecule has 0 amide bonds. The molecule has 1 atom stereocenters. The number of aromatic nitrogens is 2. The van der Waals surface area contributed by atoms with Crippen LogP contribution in [0.5, 0.6) is 0 Å². The molecule has 1 aliphatic heterocycles. The third kappa shape index (κ3) is 2.65. The largest absolute Gasteiger partial charge is 0.367 e. The van der Waals surface area contributed by atoms with Gasteiger partial charge in [0.05, 0.1) is 0 Å².